The lowest BCUT2D eigenvalue weighted by Gasteiger charge is -2.31. The minimum Gasteiger partial charge on any atom is -0.337 e. The Hall–Kier alpha value is -1.87. The van der Waals surface area contributed by atoms with Gasteiger partial charge in [0.2, 0.25) is 5.91 Å². The fourth-order valence-electron chi connectivity index (χ4n) is 3.24. The molecule has 23 heavy (non-hydrogen) atoms. The Bertz CT molecular complexity index is 650. The van der Waals surface area contributed by atoms with Gasteiger partial charge in [-0.1, -0.05) is 42.5 Å². The third kappa shape index (κ3) is 4.11. The van der Waals surface area contributed by atoms with E-state index in [2.05, 4.69) is 82.4 Å². The number of nitrogens with one attached hydrogen (secondary N) is 1. The molecule has 0 aromatic heterocycles. The fraction of sp³-hybridized carbons (Fsp3) is 0.450. The molecule has 1 unspecified atom stereocenters. The zero-order valence-electron chi connectivity index (χ0n) is 14.8. The summed E-state index contributed by atoms with van der Waals surface area (Å²) in [5, 5.41) is 5.86. The van der Waals surface area contributed by atoms with Gasteiger partial charge in [0.15, 0.2) is 0 Å². The van der Waals surface area contributed by atoms with Crippen LogP contribution in [0.5, 0.6) is 0 Å². The van der Waals surface area contributed by atoms with E-state index < -0.39 is 0 Å². The molecular weight excluding hydrogens is 284 g/mol. The van der Waals surface area contributed by atoms with Gasteiger partial charge in [-0.05, 0) is 51.0 Å². The topological polar surface area (TPSA) is 32.3 Å². The number of hydrogen-bond donors (Lipinski definition) is 1. The molecule has 1 amide bonds. The summed E-state index contributed by atoms with van der Waals surface area (Å²) in [6, 6.07) is 15.3. The molecule has 124 valence electrons. The highest BCUT2D eigenvalue weighted by Gasteiger charge is 2.20. The molecule has 1 atom stereocenters. The van der Waals surface area contributed by atoms with Crippen LogP contribution < -0.4 is 5.32 Å². The molecule has 1 N–H and O–H groups in total. The number of nitrogens with zero attached hydrogens (tertiary/aromatic N) is 1. The molecule has 2 rings (SSSR count). The fourth-order valence-corrected chi connectivity index (χ4v) is 3.24. The molecule has 0 heterocycles. The zero-order valence-corrected chi connectivity index (χ0v) is 14.8. The number of carbonyl (C=O) groups is 1. The van der Waals surface area contributed by atoms with Crippen LogP contribution in [0.1, 0.15) is 46.2 Å². The number of rotatable bonds is 6. The van der Waals surface area contributed by atoms with Crippen molar-refractivity contribution in [3.63, 3.8) is 0 Å². The summed E-state index contributed by atoms with van der Waals surface area (Å²) in [6.07, 6.45) is 0. The predicted octanol–water partition coefficient (Wildman–Crippen LogP) is 4.14. The van der Waals surface area contributed by atoms with Crippen molar-refractivity contribution in [1.82, 2.24) is 10.2 Å². The molecule has 0 fully saturated rings. The van der Waals surface area contributed by atoms with E-state index in [1.165, 1.54) is 16.3 Å². The first kappa shape index (κ1) is 17.5. The van der Waals surface area contributed by atoms with Gasteiger partial charge < -0.3 is 10.2 Å². The molecule has 0 aliphatic carbocycles. The van der Waals surface area contributed by atoms with Crippen molar-refractivity contribution < 1.29 is 4.79 Å². The lowest BCUT2D eigenvalue weighted by molar-refractivity contribution is -0.133. The maximum Gasteiger partial charge on any atom is 0.237 e. The number of fused-ring (bicyclic) bond motifs is 1. The van der Waals surface area contributed by atoms with Crippen LogP contribution in [0.3, 0.4) is 0 Å². The van der Waals surface area contributed by atoms with Gasteiger partial charge in [-0.2, -0.15) is 0 Å². The van der Waals surface area contributed by atoms with Gasteiger partial charge in [0.1, 0.15) is 0 Å². The lowest BCUT2D eigenvalue weighted by atomic mass is 10.00. The predicted molar refractivity (Wildman–Crippen MR) is 97.5 cm³/mol. The monoisotopic (exact) mass is 312 g/mol. The van der Waals surface area contributed by atoms with Crippen molar-refractivity contribution in [3.05, 3.63) is 48.0 Å². The first-order valence-electron chi connectivity index (χ1n) is 8.44. The van der Waals surface area contributed by atoms with Gasteiger partial charge in [0, 0.05) is 18.1 Å². The van der Waals surface area contributed by atoms with Crippen LogP contribution in [0.4, 0.5) is 0 Å². The van der Waals surface area contributed by atoms with E-state index in [9.17, 15) is 4.79 Å². The van der Waals surface area contributed by atoms with E-state index in [1.807, 2.05) is 4.90 Å². The molecule has 2 aromatic carbocycles. The Kier molecular flexibility index (Phi) is 5.78. The van der Waals surface area contributed by atoms with E-state index in [0.29, 0.717) is 6.54 Å². The Balaban J connectivity index is 2.10. The molecule has 0 bridgehead atoms. The molecule has 0 saturated heterocycles. The van der Waals surface area contributed by atoms with E-state index in [-0.39, 0.29) is 24.0 Å². The molecule has 0 aliphatic heterocycles. The Morgan fingerprint density at radius 2 is 1.57 bits per heavy atom. The summed E-state index contributed by atoms with van der Waals surface area (Å²) >= 11 is 0. The van der Waals surface area contributed by atoms with Crippen molar-refractivity contribution in [1.29, 1.82) is 0 Å². The SMILES string of the molecule is CC(NCC(=O)N(C(C)C)C(C)C)c1cccc2ccccc12. The summed E-state index contributed by atoms with van der Waals surface area (Å²) < 4.78 is 0. The van der Waals surface area contributed by atoms with Crippen LogP contribution >= 0.6 is 0 Å². The van der Waals surface area contributed by atoms with Crippen molar-refractivity contribution >= 4 is 16.7 Å². The summed E-state index contributed by atoms with van der Waals surface area (Å²) in [7, 11) is 0. The smallest absolute Gasteiger partial charge is 0.237 e. The molecule has 0 radical (unpaired) electrons. The number of carbonyl (C=O) groups excluding carboxylic acids is 1. The van der Waals surface area contributed by atoms with E-state index in [1.54, 1.807) is 0 Å². The second-order valence-electron chi connectivity index (χ2n) is 6.66. The highest BCUT2D eigenvalue weighted by atomic mass is 16.2. The molecule has 2 aromatic rings. The Morgan fingerprint density at radius 3 is 2.22 bits per heavy atom. The largest absolute Gasteiger partial charge is 0.337 e. The van der Waals surface area contributed by atoms with Crippen molar-refractivity contribution in [2.45, 2.75) is 52.7 Å². The van der Waals surface area contributed by atoms with E-state index in [0.717, 1.165) is 0 Å². The molecule has 0 saturated carbocycles. The minimum atomic E-state index is 0.131. The van der Waals surface area contributed by atoms with E-state index >= 15 is 0 Å². The van der Waals surface area contributed by atoms with Crippen LogP contribution in [0.15, 0.2) is 42.5 Å². The highest BCUT2D eigenvalue weighted by molar-refractivity contribution is 5.86. The van der Waals surface area contributed by atoms with Crippen LogP contribution in [-0.4, -0.2) is 29.4 Å². The lowest BCUT2D eigenvalue weighted by Crippen LogP contribution is -2.46. The average molecular weight is 312 g/mol. The first-order chi connectivity index (χ1) is 10.9. The molecule has 3 nitrogen and oxygen atoms in total. The van der Waals surface area contributed by atoms with Crippen LogP contribution in [0.2, 0.25) is 0 Å². The van der Waals surface area contributed by atoms with Gasteiger partial charge >= 0.3 is 0 Å². The van der Waals surface area contributed by atoms with Gasteiger partial charge in [0.25, 0.3) is 0 Å². The highest BCUT2D eigenvalue weighted by Crippen LogP contribution is 2.23. The summed E-state index contributed by atoms with van der Waals surface area (Å²) in [4.78, 5) is 14.4. The van der Waals surface area contributed by atoms with Crippen molar-refractivity contribution in [2.75, 3.05) is 6.54 Å². The third-order valence-electron chi connectivity index (χ3n) is 4.25. The van der Waals surface area contributed by atoms with Gasteiger partial charge in [-0.25, -0.2) is 0 Å². The summed E-state index contributed by atoms with van der Waals surface area (Å²) in [5.41, 5.74) is 1.23. The Labute approximate surface area is 139 Å². The third-order valence-corrected chi connectivity index (χ3v) is 4.25. The van der Waals surface area contributed by atoms with Crippen LogP contribution in [-0.2, 0) is 4.79 Å². The maximum atomic E-state index is 12.5. The van der Waals surface area contributed by atoms with E-state index in [4.69, 9.17) is 0 Å². The molecular formula is C20H28N2O. The van der Waals surface area contributed by atoms with Crippen LogP contribution in [0, 0.1) is 0 Å². The number of benzene rings is 2. The van der Waals surface area contributed by atoms with Gasteiger partial charge in [0.05, 0.1) is 6.54 Å². The normalized spacial score (nSPS) is 12.8. The second kappa shape index (κ2) is 7.60. The molecule has 0 spiro atoms. The molecule has 0 aliphatic rings. The first-order valence-corrected chi connectivity index (χ1v) is 8.44. The zero-order chi connectivity index (χ0) is 17.0. The number of hydrogen-bond acceptors (Lipinski definition) is 2. The summed E-state index contributed by atoms with van der Waals surface area (Å²) in [5.74, 6) is 0.155. The standard InChI is InChI=1S/C20H28N2O/c1-14(2)22(15(3)4)20(23)13-21-16(5)18-12-8-10-17-9-6-7-11-19(17)18/h6-12,14-16,21H,13H2,1-5H3. The summed E-state index contributed by atoms with van der Waals surface area (Å²) in [6.45, 7) is 10.7. The van der Waals surface area contributed by atoms with Crippen LogP contribution in [0.25, 0.3) is 10.8 Å². The van der Waals surface area contributed by atoms with Crippen molar-refractivity contribution in [2.24, 2.45) is 0 Å². The van der Waals surface area contributed by atoms with Gasteiger partial charge in [-0.15, -0.1) is 0 Å². The molecule has 3 heteroatoms. The number of amides is 1. The minimum absolute atomic E-state index is 0.131. The second-order valence-corrected chi connectivity index (χ2v) is 6.66. The Morgan fingerprint density at radius 1 is 0.957 bits per heavy atom. The van der Waals surface area contributed by atoms with Gasteiger partial charge in [-0.3, -0.25) is 4.79 Å². The quantitative estimate of drug-likeness (QED) is 0.869. The maximum absolute atomic E-state index is 12.5. The average Bonchev–Trinajstić information content (AvgIpc) is 2.51. The van der Waals surface area contributed by atoms with Crippen molar-refractivity contribution in [3.8, 4) is 0 Å².